The first kappa shape index (κ1) is 16.2. The molecule has 1 atom stereocenters. The van der Waals surface area contributed by atoms with Crippen LogP contribution < -0.4 is 5.32 Å². The molecule has 25 heavy (non-hydrogen) atoms. The lowest BCUT2D eigenvalue weighted by Gasteiger charge is -2.16. The van der Waals surface area contributed by atoms with Crippen molar-refractivity contribution in [3.8, 4) is 0 Å². The fraction of sp³-hybridized carbons (Fsp3) is 0.294. The molecule has 3 aromatic rings. The van der Waals surface area contributed by atoms with E-state index >= 15 is 0 Å². The maximum absolute atomic E-state index is 12.6. The highest BCUT2D eigenvalue weighted by Crippen LogP contribution is 2.38. The second kappa shape index (κ2) is 6.53. The van der Waals surface area contributed by atoms with Gasteiger partial charge in [0.2, 0.25) is 0 Å². The summed E-state index contributed by atoms with van der Waals surface area (Å²) in [5.74, 6) is 0.0362. The summed E-state index contributed by atoms with van der Waals surface area (Å²) in [7, 11) is 1.62. The van der Waals surface area contributed by atoms with E-state index < -0.39 is 0 Å². The van der Waals surface area contributed by atoms with Crippen LogP contribution in [0.15, 0.2) is 29.9 Å². The molecule has 1 N–H and O–H groups in total. The Labute approximate surface area is 152 Å². The van der Waals surface area contributed by atoms with Crippen molar-refractivity contribution in [1.82, 2.24) is 20.2 Å². The molecule has 2 amide bonds. The molecule has 1 saturated heterocycles. The number of nitrogens with zero attached hydrogens (tertiary/aromatic N) is 3. The number of likely N-dealkylation sites (tertiary alicyclic amines) is 1. The Balaban J connectivity index is 1.68. The molecule has 0 aliphatic carbocycles. The van der Waals surface area contributed by atoms with E-state index in [9.17, 15) is 9.59 Å². The molecule has 3 aromatic heterocycles. The number of carbonyl (C=O) groups is 2. The van der Waals surface area contributed by atoms with E-state index in [1.807, 2.05) is 22.4 Å². The van der Waals surface area contributed by atoms with Crippen LogP contribution in [0.3, 0.4) is 0 Å². The first-order valence-corrected chi connectivity index (χ1v) is 9.67. The molecule has 4 heterocycles. The smallest absolute Gasteiger partial charge is 0.263 e. The molecular formula is C17H16N4O2S2. The van der Waals surface area contributed by atoms with Crippen molar-refractivity contribution >= 4 is 44.8 Å². The van der Waals surface area contributed by atoms with Crippen LogP contribution in [0.4, 0.5) is 0 Å². The standard InChI is InChI=1S/C17H16N4O2S2/c1-18-15(22)14-12(13-16(25-14)20-6-5-19-13)10-4-7-21(9-10)17(23)11-3-2-8-24-11/h2-3,5-6,8,10H,4,7,9H2,1H3,(H,18,22)/t10-/m1/s1. The van der Waals surface area contributed by atoms with E-state index in [4.69, 9.17) is 0 Å². The molecule has 0 bridgehead atoms. The highest BCUT2D eigenvalue weighted by Gasteiger charge is 2.33. The van der Waals surface area contributed by atoms with Gasteiger partial charge in [-0.2, -0.15) is 0 Å². The zero-order chi connectivity index (χ0) is 17.4. The average Bonchev–Trinajstić information content (AvgIpc) is 3.38. The zero-order valence-electron chi connectivity index (χ0n) is 13.6. The highest BCUT2D eigenvalue weighted by molar-refractivity contribution is 7.20. The molecule has 0 saturated carbocycles. The molecule has 1 fully saturated rings. The number of rotatable bonds is 3. The number of hydrogen-bond donors (Lipinski definition) is 1. The largest absolute Gasteiger partial charge is 0.354 e. The fourth-order valence-corrected chi connectivity index (χ4v) is 5.07. The summed E-state index contributed by atoms with van der Waals surface area (Å²) in [5.41, 5.74) is 1.70. The van der Waals surface area contributed by atoms with E-state index in [0.717, 1.165) is 27.2 Å². The summed E-state index contributed by atoms with van der Waals surface area (Å²) >= 11 is 2.82. The van der Waals surface area contributed by atoms with Gasteiger partial charge in [0.15, 0.2) is 0 Å². The van der Waals surface area contributed by atoms with Crippen LogP contribution in [0.2, 0.25) is 0 Å². The summed E-state index contributed by atoms with van der Waals surface area (Å²) in [6.45, 7) is 1.29. The van der Waals surface area contributed by atoms with E-state index in [2.05, 4.69) is 15.3 Å². The van der Waals surface area contributed by atoms with Crippen LogP contribution in [-0.2, 0) is 0 Å². The Hall–Kier alpha value is -2.32. The van der Waals surface area contributed by atoms with Gasteiger partial charge in [-0.3, -0.25) is 14.6 Å². The average molecular weight is 372 g/mol. The third kappa shape index (κ3) is 2.81. The first-order chi connectivity index (χ1) is 12.2. The lowest BCUT2D eigenvalue weighted by molar-refractivity contribution is 0.0795. The molecule has 1 aliphatic heterocycles. The van der Waals surface area contributed by atoms with E-state index in [-0.39, 0.29) is 17.7 Å². The summed E-state index contributed by atoms with van der Waals surface area (Å²) in [5, 5.41) is 4.61. The van der Waals surface area contributed by atoms with Gasteiger partial charge in [-0.15, -0.1) is 22.7 Å². The summed E-state index contributed by atoms with van der Waals surface area (Å²) < 4.78 is 0. The second-order valence-corrected chi connectivity index (χ2v) is 7.79. The quantitative estimate of drug-likeness (QED) is 0.767. The number of aromatic nitrogens is 2. The Morgan fingerprint density at radius 1 is 1.32 bits per heavy atom. The van der Waals surface area contributed by atoms with Gasteiger partial charge in [0.05, 0.1) is 9.75 Å². The normalized spacial score (nSPS) is 17.2. The van der Waals surface area contributed by atoms with E-state index in [0.29, 0.717) is 18.0 Å². The van der Waals surface area contributed by atoms with Crippen molar-refractivity contribution in [2.75, 3.05) is 20.1 Å². The lowest BCUT2D eigenvalue weighted by atomic mass is 9.97. The van der Waals surface area contributed by atoms with Gasteiger partial charge >= 0.3 is 0 Å². The predicted molar refractivity (Wildman–Crippen MR) is 98.4 cm³/mol. The number of amides is 2. The van der Waals surface area contributed by atoms with Crippen LogP contribution in [-0.4, -0.2) is 46.8 Å². The van der Waals surface area contributed by atoms with Gasteiger partial charge in [-0.1, -0.05) is 6.07 Å². The van der Waals surface area contributed by atoms with Crippen molar-refractivity contribution in [3.05, 3.63) is 45.2 Å². The third-order valence-corrected chi connectivity index (χ3v) is 6.37. The topological polar surface area (TPSA) is 75.2 Å². The van der Waals surface area contributed by atoms with Crippen molar-refractivity contribution in [2.24, 2.45) is 0 Å². The van der Waals surface area contributed by atoms with Gasteiger partial charge in [0, 0.05) is 44.0 Å². The van der Waals surface area contributed by atoms with Crippen LogP contribution in [0.25, 0.3) is 10.3 Å². The molecule has 0 radical (unpaired) electrons. The number of thiophene rings is 2. The minimum Gasteiger partial charge on any atom is -0.354 e. The summed E-state index contributed by atoms with van der Waals surface area (Å²) in [6.07, 6.45) is 4.11. The molecular weight excluding hydrogens is 356 g/mol. The number of carbonyl (C=O) groups excluding carboxylic acids is 2. The van der Waals surface area contributed by atoms with Crippen LogP contribution in [0, 0.1) is 0 Å². The second-order valence-electron chi connectivity index (χ2n) is 5.85. The zero-order valence-corrected chi connectivity index (χ0v) is 15.2. The Bertz CT molecular complexity index is 935. The summed E-state index contributed by atoms with van der Waals surface area (Å²) in [4.78, 5) is 37.7. The fourth-order valence-electron chi connectivity index (χ4n) is 3.24. The third-order valence-electron chi connectivity index (χ3n) is 4.41. The maximum Gasteiger partial charge on any atom is 0.263 e. The van der Waals surface area contributed by atoms with Crippen LogP contribution in [0.1, 0.15) is 37.2 Å². The first-order valence-electron chi connectivity index (χ1n) is 7.97. The SMILES string of the molecule is CNC(=O)c1sc2nccnc2c1[C@@H]1CCN(C(=O)c2cccs2)C1. The Morgan fingerprint density at radius 2 is 2.16 bits per heavy atom. The molecule has 128 valence electrons. The van der Waals surface area contributed by atoms with E-state index in [1.165, 1.54) is 22.7 Å². The van der Waals surface area contributed by atoms with Gasteiger partial charge in [0.25, 0.3) is 11.8 Å². The lowest BCUT2D eigenvalue weighted by Crippen LogP contribution is -2.28. The van der Waals surface area contributed by atoms with Gasteiger partial charge in [-0.05, 0) is 17.9 Å². The monoisotopic (exact) mass is 372 g/mol. The van der Waals surface area contributed by atoms with Crippen molar-refractivity contribution in [1.29, 1.82) is 0 Å². The molecule has 0 spiro atoms. The van der Waals surface area contributed by atoms with Crippen molar-refractivity contribution < 1.29 is 9.59 Å². The number of fused-ring (bicyclic) bond motifs is 1. The summed E-state index contributed by atoms with van der Waals surface area (Å²) in [6, 6.07) is 3.73. The number of nitrogens with one attached hydrogen (secondary N) is 1. The maximum atomic E-state index is 12.6. The van der Waals surface area contributed by atoms with Crippen LogP contribution in [0.5, 0.6) is 0 Å². The molecule has 0 unspecified atom stereocenters. The van der Waals surface area contributed by atoms with Gasteiger partial charge in [-0.25, -0.2) is 4.98 Å². The van der Waals surface area contributed by atoms with Crippen molar-refractivity contribution in [3.63, 3.8) is 0 Å². The molecule has 1 aliphatic rings. The van der Waals surface area contributed by atoms with Gasteiger partial charge in [0.1, 0.15) is 10.3 Å². The molecule has 0 aromatic carbocycles. The molecule has 6 nitrogen and oxygen atoms in total. The van der Waals surface area contributed by atoms with Gasteiger partial charge < -0.3 is 10.2 Å². The van der Waals surface area contributed by atoms with Crippen LogP contribution >= 0.6 is 22.7 Å². The minimum absolute atomic E-state index is 0.0598. The molecule has 8 heteroatoms. The Kier molecular flexibility index (Phi) is 4.22. The Morgan fingerprint density at radius 3 is 2.92 bits per heavy atom. The number of hydrogen-bond acceptors (Lipinski definition) is 6. The van der Waals surface area contributed by atoms with E-state index in [1.54, 1.807) is 19.4 Å². The minimum atomic E-state index is -0.122. The highest BCUT2D eigenvalue weighted by atomic mass is 32.1. The van der Waals surface area contributed by atoms with Crippen molar-refractivity contribution in [2.45, 2.75) is 12.3 Å². The predicted octanol–water partition coefficient (Wildman–Crippen LogP) is 2.74. The molecule has 4 rings (SSSR count).